The molecule has 0 unspecified atom stereocenters. The molecule has 0 spiro atoms. The summed E-state index contributed by atoms with van der Waals surface area (Å²) in [5.74, 6) is -0.571. The largest absolute Gasteiger partial charge is 0.277 e. The van der Waals surface area contributed by atoms with Crippen LogP contribution in [-0.4, -0.2) is 18.2 Å². The van der Waals surface area contributed by atoms with Crippen molar-refractivity contribution in [1.29, 1.82) is 0 Å². The van der Waals surface area contributed by atoms with Crippen LogP contribution in [0.1, 0.15) is 5.56 Å². The summed E-state index contributed by atoms with van der Waals surface area (Å²) in [5.41, 5.74) is 1.36. The Balaban J connectivity index is 2.03. The first-order valence-electron chi connectivity index (χ1n) is 6.95. The third kappa shape index (κ3) is 3.42. The van der Waals surface area contributed by atoms with E-state index in [0.717, 1.165) is 11.6 Å². The van der Waals surface area contributed by atoms with Crippen LogP contribution >= 0.6 is 11.6 Å². The first-order chi connectivity index (χ1) is 11.3. The van der Waals surface area contributed by atoms with Crippen LogP contribution in [0.5, 0.6) is 0 Å². The zero-order valence-corrected chi connectivity index (χ0v) is 14.1. The van der Waals surface area contributed by atoms with Crippen molar-refractivity contribution in [2.45, 2.75) is 11.8 Å². The standard InChI is InChI=1S/C16H13ClFN3O2S/c1-11-2-5-14(6-3-11)24(22,23)20-15-8-13(18)4-7-16(15)21-10-12(17)9-19-21/h2-10,20H,1H3. The van der Waals surface area contributed by atoms with E-state index in [2.05, 4.69) is 9.82 Å². The van der Waals surface area contributed by atoms with E-state index in [1.807, 2.05) is 6.92 Å². The van der Waals surface area contributed by atoms with Crippen LogP contribution in [0.25, 0.3) is 5.69 Å². The van der Waals surface area contributed by atoms with E-state index in [1.165, 1.54) is 41.3 Å². The lowest BCUT2D eigenvalue weighted by molar-refractivity contribution is 0.601. The first kappa shape index (κ1) is 16.5. The fourth-order valence-corrected chi connectivity index (χ4v) is 3.34. The molecule has 0 fully saturated rings. The highest BCUT2D eigenvalue weighted by molar-refractivity contribution is 7.92. The first-order valence-corrected chi connectivity index (χ1v) is 8.81. The van der Waals surface area contributed by atoms with E-state index in [1.54, 1.807) is 12.1 Å². The molecule has 1 N–H and O–H groups in total. The molecule has 124 valence electrons. The average Bonchev–Trinajstić information content (AvgIpc) is 2.94. The lowest BCUT2D eigenvalue weighted by Crippen LogP contribution is -2.15. The number of hydrogen-bond donors (Lipinski definition) is 1. The van der Waals surface area contributed by atoms with Crippen molar-refractivity contribution < 1.29 is 12.8 Å². The van der Waals surface area contributed by atoms with Gasteiger partial charge in [-0.2, -0.15) is 5.10 Å². The van der Waals surface area contributed by atoms with Gasteiger partial charge in [-0.05, 0) is 31.2 Å². The molecule has 24 heavy (non-hydrogen) atoms. The maximum Gasteiger partial charge on any atom is 0.261 e. The van der Waals surface area contributed by atoms with Crippen LogP contribution in [0.15, 0.2) is 59.8 Å². The molecule has 3 aromatic rings. The molecule has 8 heteroatoms. The monoisotopic (exact) mass is 365 g/mol. The van der Waals surface area contributed by atoms with E-state index in [4.69, 9.17) is 11.6 Å². The molecule has 0 saturated carbocycles. The molecule has 0 amide bonds. The van der Waals surface area contributed by atoms with Crippen LogP contribution in [0.2, 0.25) is 5.02 Å². The third-order valence-corrected chi connectivity index (χ3v) is 4.91. The zero-order valence-electron chi connectivity index (χ0n) is 12.6. The van der Waals surface area contributed by atoms with Gasteiger partial charge in [0.1, 0.15) is 5.82 Å². The predicted octanol–water partition coefficient (Wildman–Crippen LogP) is 3.77. The second-order valence-corrected chi connectivity index (χ2v) is 7.30. The van der Waals surface area contributed by atoms with Crippen molar-refractivity contribution in [2.75, 3.05) is 4.72 Å². The Morgan fingerprint density at radius 1 is 1.17 bits per heavy atom. The quantitative estimate of drug-likeness (QED) is 0.765. The SMILES string of the molecule is Cc1ccc(S(=O)(=O)Nc2cc(F)ccc2-n2cc(Cl)cn2)cc1. The van der Waals surface area contributed by atoms with Crippen LogP contribution < -0.4 is 4.72 Å². The van der Waals surface area contributed by atoms with E-state index in [0.29, 0.717) is 10.7 Å². The predicted molar refractivity (Wildman–Crippen MR) is 90.5 cm³/mol. The van der Waals surface area contributed by atoms with Crippen molar-refractivity contribution in [3.8, 4) is 5.69 Å². The van der Waals surface area contributed by atoms with Gasteiger partial charge in [0, 0.05) is 12.3 Å². The molecule has 0 aliphatic carbocycles. The number of sulfonamides is 1. The maximum absolute atomic E-state index is 13.6. The van der Waals surface area contributed by atoms with Gasteiger partial charge in [0.05, 0.1) is 27.5 Å². The number of anilines is 1. The molecule has 1 aromatic heterocycles. The van der Waals surface area contributed by atoms with Crippen LogP contribution in [0.4, 0.5) is 10.1 Å². The van der Waals surface area contributed by atoms with Gasteiger partial charge in [-0.15, -0.1) is 0 Å². The molecule has 2 aromatic carbocycles. The topological polar surface area (TPSA) is 64.0 Å². The van der Waals surface area contributed by atoms with E-state index in [9.17, 15) is 12.8 Å². The summed E-state index contributed by atoms with van der Waals surface area (Å²) in [4.78, 5) is 0.0850. The molecule has 0 radical (unpaired) electrons. The highest BCUT2D eigenvalue weighted by atomic mass is 35.5. The summed E-state index contributed by atoms with van der Waals surface area (Å²) >= 11 is 5.84. The molecular weight excluding hydrogens is 353 g/mol. The Kier molecular flexibility index (Phi) is 4.29. The number of nitrogens with one attached hydrogen (secondary N) is 1. The summed E-state index contributed by atoms with van der Waals surface area (Å²) in [5, 5.41) is 4.40. The van der Waals surface area contributed by atoms with E-state index < -0.39 is 15.8 Å². The van der Waals surface area contributed by atoms with Crippen molar-refractivity contribution in [3.63, 3.8) is 0 Å². The Morgan fingerprint density at radius 2 is 1.88 bits per heavy atom. The Labute approximate surface area is 143 Å². The van der Waals surface area contributed by atoms with Crippen LogP contribution in [-0.2, 0) is 10.0 Å². The lowest BCUT2D eigenvalue weighted by atomic mass is 10.2. The van der Waals surface area contributed by atoms with Gasteiger partial charge in [0.15, 0.2) is 0 Å². The number of halogens is 2. The number of hydrogen-bond acceptors (Lipinski definition) is 3. The molecule has 0 aliphatic rings. The zero-order chi connectivity index (χ0) is 17.3. The Bertz CT molecular complexity index is 985. The molecule has 5 nitrogen and oxygen atoms in total. The van der Waals surface area contributed by atoms with Gasteiger partial charge >= 0.3 is 0 Å². The van der Waals surface area contributed by atoms with Gasteiger partial charge in [0.25, 0.3) is 10.0 Å². The molecule has 1 heterocycles. The number of aryl methyl sites for hydroxylation is 1. The van der Waals surface area contributed by atoms with Gasteiger partial charge in [-0.3, -0.25) is 4.72 Å². The van der Waals surface area contributed by atoms with Crippen molar-refractivity contribution in [2.24, 2.45) is 0 Å². The third-order valence-electron chi connectivity index (χ3n) is 3.33. The number of benzene rings is 2. The normalized spacial score (nSPS) is 11.5. The summed E-state index contributed by atoms with van der Waals surface area (Å²) < 4.78 is 42.4. The second-order valence-electron chi connectivity index (χ2n) is 5.18. The van der Waals surface area contributed by atoms with Gasteiger partial charge in [-0.25, -0.2) is 17.5 Å². The van der Waals surface area contributed by atoms with Crippen LogP contribution in [0, 0.1) is 12.7 Å². The van der Waals surface area contributed by atoms with Gasteiger partial charge in [0.2, 0.25) is 0 Å². The van der Waals surface area contributed by atoms with Crippen molar-refractivity contribution >= 4 is 27.3 Å². The Hall–Kier alpha value is -2.38. The molecular formula is C16H13ClFN3O2S. The summed E-state index contributed by atoms with van der Waals surface area (Å²) in [6.45, 7) is 1.86. The van der Waals surface area contributed by atoms with Crippen molar-refractivity contribution in [3.05, 3.63) is 71.3 Å². The lowest BCUT2D eigenvalue weighted by Gasteiger charge is -2.13. The number of nitrogens with zero attached hydrogens (tertiary/aromatic N) is 2. The smallest absolute Gasteiger partial charge is 0.261 e. The minimum absolute atomic E-state index is 0.0651. The highest BCUT2D eigenvalue weighted by Gasteiger charge is 2.17. The number of rotatable bonds is 4. The average molecular weight is 366 g/mol. The Morgan fingerprint density at radius 3 is 2.50 bits per heavy atom. The summed E-state index contributed by atoms with van der Waals surface area (Å²) in [7, 11) is -3.86. The van der Waals surface area contributed by atoms with Crippen LogP contribution in [0.3, 0.4) is 0 Å². The minimum atomic E-state index is -3.86. The molecule has 0 atom stereocenters. The minimum Gasteiger partial charge on any atom is -0.277 e. The maximum atomic E-state index is 13.6. The van der Waals surface area contributed by atoms with Gasteiger partial charge < -0.3 is 0 Å². The molecule has 0 saturated heterocycles. The summed E-state index contributed by atoms with van der Waals surface area (Å²) in [6.07, 6.45) is 2.90. The van der Waals surface area contributed by atoms with E-state index in [-0.39, 0.29) is 10.6 Å². The molecule has 3 rings (SSSR count). The molecule has 0 aliphatic heterocycles. The van der Waals surface area contributed by atoms with E-state index >= 15 is 0 Å². The fourth-order valence-electron chi connectivity index (χ4n) is 2.14. The number of aromatic nitrogens is 2. The summed E-state index contributed by atoms with van der Waals surface area (Å²) in [6, 6.07) is 10.1. The van der Waals surface area contributed by atoms with Gasteiger partial charge in [-0.1, -0.05) is 29.3 Å². The fraction of sp³-hybridized carbons (Fsp3) is 0.0625. The highest BCUT2D eigenvalue weighted by Crippen LogP contribution is 2.25. The molecule has 0 bridgehead atoms. The van der Waals surface area contributed by atoms with Crippen molar-refractivity contribution in [1.82, 2.24) is 9.78 Å². The second kappa shape index (κ2) is 6.26.